The SMILES string of the molecule is O=C(CCCl)NCc1nc2ccccc2[nH]1. The number of fused-ring (bicyclic) bond motifs is 1. The maximum absolute atomic E-state index is 11.2. The number of H-pyrrole nitrogens is 1. The normalized spacial score (nSPS) is 10.6. The number of aromatic amines is 1. The van der Waals surface area contributed by atoms with Gasteiger partial charge in [-0.1, -0.05) is 12.1 Å². The molecule has 0 atom stereocenters. The van der Waals surface area contributed by atoms with Crippen LogP contribution in [0.3, 0.4) is 0 Å². The number of carbonyl (C=O) groups excluding carboxylic acids is 1. The van der Waals surface area contributed by atoms with E-state index in [2.05, 4.69) is 15.3 Å². The standard InChI is InChI=1S/C11H12ClN3O/c12-6-5-11(16)13-7-10-14-8-3-1-2-4-9(8)15-10/h1-4H,5-7H2,(H,13,16)(H,14,15). The van der Waals surface area contributed by atoms with Crippen LogP contribution in [0.25, 0.3) is 11.0 Å². The molecule has 2 rings (SSSR count). The van der Waals surface area contributed by atoms with Crippen LogP contribution >= 0.6 is 11.6 Å². The van der Waals surface area contributed by atoms with Crippen LogP contribution in [0, 0.1) is 0 Å². The Morgan fingerprint density at radius 2 is 2.25 bits per heavy atom. The minimum absolute atomic E-state index is 0.0598. The second kappa shape index (κ2) is 4.99. The summed E-state index contributed by atoms with van der Waals surface area (Å²) in [5.41, 5.74) is 1.88. The zero-order chi connectivity index (χ0) is 11.4. The van der Waals surface area contributed by atoms with E-state index in [1.54, 1.807) is 0 Å². The molecule has 16 heavy (non-hydrogen) atoms. The maximum Gasteiger partial charge on any atom is 0.221 e. The highest BCUT2D eigenvalue weighted by molar-refractivity contribution is 6.18. The van der Waals surface area contributed by atoms with E-state index in [0.717, 1.165) is 16.9 Å². The third-order valence-electron chi connectivity index (χ3n) is 2.21. The summed E-state index contributed by atoms with van der Waals surface area (Å²) >= 11 is 5.46. The molecule has 2 N–H and O–H groups in total. The van der Waals surface area contributed by atoms with Crippen LogP contribution in [0.1, 0.15) is 12.2 Å². The maximum atomic E-state index is 11.2. The molecular formula is C11H12ClN3O. The van der Waals surface area contributed by atoms with E-state index >= 15 is 0 Å². The fourth-order valence-electron chi connectivity index (χ4n) is 1.45. The number of hydrogen-bond donors (Lipinski definition) is 2. The van der Waals surface area contributed by atoms with Crippen molar-refractivity contribution < 1.29 is 4.79 Å². The monoisotopic (exact) mass is 237 g/mol. The van der Waals surface area contributed by atoms with Gasteiger partial charge in [-0.05, 0) is 12.1 Å². The van der Waals surface area contributed by atoms with Crippen molar-refractivity contribution in [1.29, 1.82) is 0 Å². The van der Waals surface area contributed by atoms with Gasteiger partial charge in [0.2, 0.25) is 5.91 Å². The third kappa shape index (κ3) is 2.52. The minimum atomic E-state index is -0.0598. The second-order valence-electron chi connectivity index (χ2n) is 3.42. The van der Waals surface area contributed by atoms with Crippen molar-refractivity contribution in [2.24, 2.45) is 0 Å². The molecule has 84 valence electrons. The van der Waals surface area contributed by atoms with Crippen LogP contribution < -0.4 is 5.32 Å². The molecule has 1 aromatic heterocycles. The molecule has 5 heteroatoms. The Balaban J connectivity index is 2.02. The number of halogens is 1. The number of nitrogens with zero attached hydrogens (tertiary/aromatic N) is 1. The summed E-state index contributed by atoms with van der Waals surface area (Å²) in [5.74, 6) is 1.03. The Kier molecular flexibility index (Phi) is 3.41. The Morgan fingerprint density at radius 3 is 3.00 bits per heavy atom. The first-order chi connectivity index (χ1) is 7.79. The van der Waals surface area contributed by atoms with Gasteiger partial charge in [-0.15, -0.1) is 11.6 Å². The van der Waals surface area contributed by atoms with Gasteiger partial charge in [0.1, 0.15) is 5.82 Å². The first kappa shape index (κ1) is 11.0. The first-order valence-electron chi connectivity index (χ1n) is 5.06. The summed E-state index contributed by atoms with van der Waals surface area (Å²) in [6, 6.07) is 7.75. The molecule has 0 radical (unpaired) electrons. The molecule has 1 aromatic carbocycles. The van der Waals surface area contributed by atoms with E-state index < -0.39 is 0 Å². The smallest absolute Gasteiger partial charge is 0.221 e. The molecule has 0 spiro atoms. The van der Waals surface area contributed by atoms with Crippen molar-refractivity contribution in [3.8, 4) is 0 Å². The van der Waals surface area contributed by atoms with Crippen molar-refractivity contribution in [1.82, 2.24) is 15.3 Å². The van der Waals surface area contributed by atoms with Crippen molar-refractivity contribution in [2.45, 2.75) is 13.0 Å². The molecule has 1 amide bonds. The lowest BCUT2D eigenvalue weighted by Crippen LogP contribution is -2.23. The van der Waals surface area contributed by atoms with E-state index in [1.165, 1.54) is 0 Å². The van der Waals surface area contributed by atoms with Crippen LogP contribution in [0.2, 0.25) is 0 Å². The highest BCUT2D eigenvalue weighted by Crippen LogP contribution is 2.09. The molecule has 0 aliphatic heterocycles. The van der Waals surface area contributed by atoms with Crippen molar-refractivity contribution in [3.63, 3.8) is 0 Å². The van der Waals surface area contributed by atoms with E-state index in [-0.39, 0.29) is 5.91 Å². The number of benzene rings is 1. The number of amides is 1. The molecule has 4 nitrogen and oxygen atoms in total. The first-order valence-corrected chi connectivity index (χ1v) is 5.59. The largest absolute Gasteiger partial charge is 0.349 e. The predicted octanol–water partition coefficient (Wildman–Crippen LogP) is 1.81. The predicted molar refractivity (Wildman–Crippen MR) is 63.3 cm³/mol. The molecule has 2 aromatic rings. The lowest BCUT2D eigenvalue weighted by molar-refractivity contribution is -0.120. The van der Waals surface area contributed by atoms with Crippen LogP contribution in [0.4, 0.5) is 0 Å². The van der Waals surface area contributed by atoms with Crippen molar-refractivity contribution in [2.75, 3.05) is 5.88 Å². The van der Waals surface area contributed by atoms with Gasteiger partial charge in [-0.25, -0.2) is 4.98 Å². The molecule has 0 fully saturated rings. The summed E-state index contributed by atoms with van der Waals surface area (Å²) in [6.45, 7) is 0.407. The summed E-state index contributed by atoms with van der Waals surface area (Å²) in [7, 11) is 0. The Hall–Kier alpha value is -1.55. The van der Waals surface area contributed by atoms with Gasteiger partial charge in [-0.2, -0.15) is 0 Å². The summed E-state index contributed by atoms with van der Waals surface area (Å²) in [4.78, 5) is 18.7. The zero-order valence-corrected chi connectivity index (χ0v) is 9.42. The molecule has 0 saturated carbocycles. The number of aromatic nitrogens is 2. The van der Waals surface area contributed by atoms with E-state index in [1.807, 2.05) is 24.3 Å². The molecule has 0 aliphatic carbocycles. The van der Waals surface area contributed by atoms with Gasteiger partial charge < -0.3 is 10.3 Å². The molecule has 0 saturated heterocycles. The Morgan fingerprint density at radius 1 is 1.44 bits per heavy atom. The summed E-state index contributed by atoms with van der Waals surface area (Å²) in [6.07, 6.45) is 0.335. The number of para-hydroxylation sites is 2. The van der Waals surface area contributed by atoms with Gasteiger partial charge in [0.15, 0.2) is 0 Å². The summed E-state index contributed by atoms with van der Waals surface area (Å²) < 4.78 is 0. The summed E-state index contributed by atoms with van der Waals surface area (Å²) in [5, 5.41) is 2.74. The van der Waals surface area contributed by atoms with E-state index in [9.17, 15) is 4.79 Å². The number of nitrogens with one attached hydrogen (secondary N) is 2. The van der Waals surface area contributed by atoms with Crippen LogP contribution in [-0.2, 0) is 11.3 Å². The number of alkyl halides is 1. The average molecular weight is 238 g/mol. The van der Waals surface area contributed by atoms with Crippen molar-refractivity contribution >= 4 is 28.5 Å². The fourth-order valence-corrected chi connectivity index (χ4v) is 1.62. The number of rotatable bonds is 4. The quantitative estimate of drug-likeness (QED) is 0.797. The van der Waals surface area contributed by atoms with Gasteiger partial charge >= 0.3 is 0 Å². The zero-order valence-electron chi connectivity index (χ0n) is 8.66. The lowest BCUT2D eigenvalue weighted by atomic mass is 10.3. The topological polar surface area (TPSA) is 57.8 Å². The average Bonchev–Trinajstić information content (AvgIpc) is 2.69. The lowest BCUT2D eigenvalue weighted by Gasteiger charge is -1.99. The molecule has 0 aliphatic rings. The van der Waals surface area contributed by atoms with Crippen LogP contribution in [0.15, 0.2) is 24.3 Å². The van der Waals surface area contributed by atoms with E-state index in [0.29, 0.717) is 18.8 Å². The van der Waals surface area contributed by atoms with E-state index in [4.69, 9.17) is 11.6 Å². The van der Waals surface area contributed by atoms with Gasteiger partial charge in [-0.3, -0.25) is 4.79 Å². The van der Waals surface area contributed by atoms with Gasteiger partial charge in [0.05, 0.1) is 17.6 Å². The second-order valence-corrected chi connectivity index (χ2v) is 3.79. The van der Waals surface area contributed by atoms with Crippen LogP contribution in [0.5, 0.6) is 0 Å². The molecule has 1 heterocycles. The highest BCUT2D eigenvalue weighted by Gasteiger charge is 2.03. The Bertz CT molecular complexity index is 462. The molecule has 0 bridgehead atoms. The highest BCUT2D eigenvalue weighted by atomic mass is 35.5. The molecular weight excluding hydrogens is 226 g/mol. The fraction of sp³-hybridized carbons (Fsp3) is 0.273. The molecule has 0 unspecified atom stereocenters. The van der Waals surface area contributed by atoms with Gasteiger partial charge in [0, 0.05) is 12.3 Å². The number of carbonyl (C=O) groups is 1. The Labute approximate surface area is 98.0 Å². The minimum Gasteiger partial charge on any atom is -0.349 e. The number of hydrogen-bond acceptors (Lipinski definition) is 2. The number of imidazole rings is 1. The van der Waals surface area contributed by atoms with Crippen molar-refractivity contribution in [3.05, 3.63) is 30.1 Å². The van der Waals surface area contributed by atoms with Gasteiger partial charge in [0.25, 0.3) is 0 Å². The third-order valence-corrected chi connectivity index (χ3v) is 2.40. The van der Waals surface area contributed by atoms with Crippen LogP contribution in [-0.4, -0.2) is 21.8 Å².